The molecule has 4 aromatic rings. The molecule has 0 amide bonds. The van der Waals surface area contributed by atoms with E-state index in [1.54, 1.807) is 0 Å². The van der Waals surface area contributed by atoms with Crippen molar-refractivity contribution in [2.75, 3.05) is 0 Å². The van der Waals surface area contributed by atoms with E-state index in [1.165, 1.54) is 44.5 Å². The van der Waals surface area contributed by atoms with Gasteiger partial charge in [0.15, 0.2) is 0 Å². The molecule has 0 aliphatic heterocycles. The summed E-state index contributed by atoms with van der Waals surface area (Å²) in [7, 11) is 0. The monoisotopic (exact) mass is 374 g/mol. The molecule has 0 saturated carbocycles. The Hall–Kier alpha value is -3.20. The molecule has 6 rings (SSSR count). The lowest BCUT2D eigenvalue weighted by molar-refractivity contribution is 0.788. The third-order valence-electron chi connectivity index (χ3n) is 6.69. The fraction of sp³-hybridized carbons (Fsp3) is 0.111. The van der Waals surface area contributed by atoms with Crippen LogP contribution in [0.4, 0.5) is 0 Å². The minimum atomic E-state index is -0.311. The summed E-state index contributed by atoms with van der Waals surface area (Å²) in [5, 5.41) is 0. The smallest absolute Gasteiger partial charge is 0.0725 e. The highest BCUT2D eigenvalue weighted by molar-refractivity contribution is 5.95. The molecule has 0 fully saturated rings. The molecule has 2 nitrogen and oxygen atoms in total. The van der Waals surface area contributed by atoms with E-state index in [1.807, 2.05) is 0 Å². The number of rotatable bonds is 2. The van der Waals surface area contributed by atoms with Crippen molar-refractivity contribution < 1.29 is 0 Å². The van der Waals surface area contributed by atoms with E-state index in [9.17, 15) is 0 Å². The summed E-state index contributed by atoms with van der Waals surface area (Å²) < 4.78 is 0. The molecule has 0 saturated heterocycles. The molecule has 140 valence electrons. The van der Waals surface area contributed by atoms with Gasteiger partial charge in [0.2, 0.25) is 0 Å². The number of nitrogens with two attached hydrogens (primary N) is 2. The quantitative estimate of drug-likeness (QED) is 0.451. The second-order valence-electron chi connectivity index (χ2n) is 8.01. The Labute approximate surface area is 170 Å². The van der Waals surface area contributed by atoms with Crippen LogP contribution in [0.25, 0.3) is 22.3 Å². The fourth-order valence-electron chi connectivity index (χ4n) is 5.49. The molecule has 2 aliphatic carbocycles. The predicted molar refractivity (Wildman–Crippen MR) is 119 cm³/mol. The molecule has 0 unspecified atom stereocenters. The third kappa shape index (κ3) is 1.97. The van der Waals surface area contributed by atoms with Crippen LogP contribution in [0.1, 0.15) is 33.4 Å². The van der Waals surface area contributed by atoms with Gasteiger partial charge in [0.25, 0.3) is 0 Å². The lowest BCUT2D eigenvalue weighted by atomic mass is 9.70. The number of benzene rings is 4. The molecule has 1 spiro atoms. The van der Waals surface area contributed by atoms with Crippen molar-refractivity contribution >= 4 is 0 Å². The standard InChI is InChI=1S/C27H22N2/c28-15-17-9-11-21-19-5-1-3-7-23(19)27(25(21)13-17)24-8-4-2-6-20(24)22-12-10-18(16-29)14-26(22)27/h1-14H,15-16,28-29H2. The van der Waals surface area contributed by atoms with E-state index in [2.05, 4.69) is 84.9 Å². The largest absolute Gasteiger partial charge is 0.326 e. The van der Waals surface area contributed by atoms with E-state index in [0.29, 0.717) is 13.1 Å². The second kappa shape index (κ2) is 5.90. The van der Waals surface area contributed by atoms with Crippen LogP contribution in [0.5, 0.6) is 0 Å². The van der Waals surface area contributed by atoms with Crippen molar-refractivity contribution in [3.05, 3.63) is 118 Å². The van der Waals surface area contributed by atoms with Gasteiger partial charge in [0, 0.05) is 13.1 Å². The molecule has 2 aliphatic rings. The molecular weight excluding hydrogens is 352 g/mol. The highest BCUT2D eigenvalue weighted by atomic mass is 14.6. The molecule has 4 N–H and O–H groups in total. The van der Waals surface area contributed by atoms with E-state index in [-0.39, 0.29) is 5.41 Å². The van der Waals surface area contributed by atoms with Crippen LogP contribution in [-0.2, 0) is 18.5 Å². The van der Waals surface area contributed by atoms with Crippen LogP contribution in [-0.4, -0.2) is 0 Å². The second-order valence-corrected chi connectivity index (χ2v) is 8.01. The average molecular weight is 374 g/mol. The normalized spacial score (nSPS) is 14.4. The predicted octanol–water partition coefficient (Wildman–Crippen LogP) is 4.95. The van der Waals surface area contributed by atoms with Crippen LogP contribution >= 0.6 is 0 Å². The first-order chi connectivity index (χ1) is 14.3. The van der Waals surface area contributed by atoms with Crippen LogP contribution in [0.15, 0.2) is 84.9 Å². The Morgan fingerprint density at radius 2 is 0.897 bits per heavy atom. The zero-order valence-corrected chi connectivity index (χ0v) is 16.2. The zero-order valence-electron chi connectivity index (χ0n) is 16.2. The summed E-state index contributed by atoms with van der Waals surface area (Å²) in [6, 6.07) is 31.1. The maximum atomic E-state index is 6.05. The molecular formula is C27H22N2. The molecule has 0 radical (unpaired) electrons. The maximum Gasteiger partial charge on any atom is 0.0725 e. The molecule has 0 atom stereocenters. The minimum absolute atomic E-state index is 0.311. The van der Waals surface area contributed by atoms with Crippen LogP contribution in [0, 0.1) is 0 Å². The van der Waals surface area contributed by atoms with Crippen molar-refractivity contribution in [2.45, 2.75) is 18.5 Å². The highest BCUT2D eigenvalue weighted by Gasteiger charge is 2.51. The lowest BCUT2D eigenvalue weighted by Crippen LogP contribution is -2.26. The first-order valence-electron chi connectivity index (χ1n) is 10.2. The maximum absolute atomic E-state index is 6.05. The van der Waals surface area contributed by atoms with Gasteiger partial charge in [-0.1, -0.05) is 84.9 Å². The summed E-state index contributed by atoms with van der Waals surface area (Å²) in [4.78, 5) is 0. The fourth-order valence-corrected chi connectivity index (χ4v) is 5.49. The van der Waals surface area contributed by atoms with Crippen molar-refractivity contribution in [1.29, 1.82) is 0 Å². The van der Waals surface area contributed by atoms with Gasteiger partial charge in [-0.15, -0.1) is 0 Å². The van der Waals surface area contributed by atoms with E-state index < -0.39 is 0 Å². The van der Waals surface area contributed by atoms with Crippen LogP contribution < -0.4 is 11.5 Å². The molecule has 4 aromatic carbocycles. The Kier molecular flexibility index (Phi) is 3.40. The van der Waals surface area contributed by atoms with Gasteiger partial charge in [0.1, 0.15) is 0 Å². The highest BCUT2D eigenvalue weighted by Crippen LogP contribution is 2.62. The molecule has 0 bridgehead atoms. The number of fused-ring (bicyclic) bond motifs is 10. The van der Waals surface area contributed by atoms with Gasteiger partial charge < -0.3 is 11.5 Å². The van der Waals surface area contributed by atoms with Gasteiger partial charge in [0.05, 0.1) is 5.41 Å². The number of hydrogen-bond acceptors (Lipinski definition) is 2. The topological polar surface area (TPSA) is 52.0 Å². The van der Waals surface area contributed by atoms with Crippen LogP contribution in [0.2, 0.25) is 0 Å². The Morgan fingerprint density at radius 1 is 0.483 bits per heavy atom. The van der Waals surface area contributed by atoms with Gasteiger partial charge in [-0.3, -0.25) is 0 Å². The summed E-state index contributed by atoms with van der Waals surface area (Å²) in [5.74, 6) is 0. The third-order valence-corrected chi connectivity index (χ3v) is 6.69. The summed E-state index contributed by atoms with van der Waals surface area (Å²) in [5.41, 5.74) is 24.7. The van der Waals surface area contributed by atoms with E-state index in [0.717, 1.165) is 11.1 Å². The molecule has 29 heavy (non-hydrogen) atoms. The first kappa shape index (κ1) is 16.7. The van der Waals surface area contributed by atoms with Crippen molar-refractivity contribution in [2.24, 2.45) is 11.5 Å². The van der Waals surface area contributed by atoms with E-state index in [4.69, 9.17) is 11.5 Å². The van der Waals surface area contributed by atoms with Gasteiger partial charge in [-0.25, -0.2) is 0 Å². The van der Waals surface area contributed by atoms with Gasteiger partial charge in [-0.2, -0.15) is 0 Å². The Balaban J connectivity index is 1.83. The molecule has 0 aromatic heterocycles. The summed E-state index contributed by atoms with van der Waals surface area (Å²) in [6.45, 7) is 1.08. The zero-order chi connectivity index (χ0) is 19.6. The van der Waals surface area contributed by atoms with Crippen LogP contribution in [0.3, 0.4) is 0 Å². The SMILES string of the molecule is NCc1ccc2c(c1)C1(c3ccccc3-2)c2ccccc2-c2ccc(CN)cc21. The first-order valence-corrected chi connectivity index (χ1v) is 10.2. The van der Waals surface area contributed by atoms with Gasteiger partial charge >= 0.3 is 0 Å². The summed E-state index contributed by atoms with van der Waals surface area (Å²) >= 11 is 0. The van der Waals surface area contributed by atoms with Crippen molar-refractivity contribution in [3.8, 4) is 22.3 Å². The lowest BCUT2D eigenvalue weighted by Gasteiger charge is -2.31. The minimum Gasteiger partial charge on any atom is -0.326 e. The molecule has 2 heteroatoms. The Morgan fingerprint density at radius 3 is 1.34 bits per heavy atom. The summed E-state index contributed by atoms with van der Waals surface area (Å²) in [6.07, 6.45) is 0. The van der Waals surface area contributed by atoms with E-state index >= 15 is 0 Å². The van der Waals surface area contributed by atoms with Crippen molar-refractivity contribution in [3.63, 3.8) is 0 Å². The average Bonchev–Trinajstić information content (AvgIpc) is 3.25. The Bertz CT molecular complexity index is 1180. The number of hydrogen-bond donors (Lipinski definition) is 2. The molecule has 0 heterocycles. The van der Waals surface area contributed by atoms with Crippen molar-refractivity contribution in [1.82, 2.24) is 0 Å². The van der Waals surface area contributed by atoms with Gasteiger partial charge in [-0.05, 0) is 55.6 Å².